The molecule has 100 valence electrons. The summed E-state index contributed by atoms with van der Waals surface area (Å²) in [5.41, 5.74) is 6.96. The molecule has 1 aliphatic rings. The van der Waals surface area contributed by atoms with Gasteiger partial charge in [0.2, 0.25) is 0 Å². The van der Waals surface area contributed by atoms with Crippen molar-refractivity contribution in [3.8, 4) is 0 Å². The van der Waals surface area contributed by atoms with Crippen LogP contribution in [0.2, 0.25) is 0 Å². The molecule has 3 heteroatoms. The van der Waals surface area contributed by atoms with Crippen molar-refractivity contribution in [3.63, 3.8) is 0 Å². The van der Waals surface area contributed by atoms with Gasteiger partial charge in [0.05, 0.1) is 0 Å². The highest BCUT2D eigenvalue weighted by atomic mass is 19.1. The van der Waals surface area contributed by atoms with Crippen molar-refractivity contribution >= 4 is 0 Å². The maximum atomic E-state index is 13.1. The number of hydrogen-bond acceptors (Lipinski definition) is 2. The van der Waals surface area contributed by atoms with Crippen molar-refractivity contribution < 1.29 is 4.39 Å². The van der Waals surface area contributed by atoms with E-state index in [0.29, 0.717) is 18.1 Å². The Morgan fingerprint density at radius 2 is 2.06 bits per heavy atom. The Kier molecular flexibility index (Phi) is 4.72. The Labute approximate surface area is 109 Å². The van der Waals surface area contributed by atoms with Gasteiger partial charge < -0.3 is 11.1 Å². The van der Waals surface area contributed by atoms with Crippen molar-refractivity contribution in [2.75, 3.05) is 0 Å². The molecule has 18 heavy (non-hydrogen) atoms. The number of halogens is 1. The van der Waals surface area contributed by atoms with E-state index < -0.39 is 0 Å². The summed E-state index contributed by atoms with van der Waals surface area (Å²) in [6, 6.07) is 8.22. The highest BCUT2D eigenvalue weighted by Crippen LogP contribution is 2.18. The second-order valence-corrected chi connectivity index (χ2v) is 5.51. The van der Waals surface area contributed by atoms with Crippen molar-refractivity contribution in [1.29, 1.82) is 0 Å². The highest BCUT2D eigenvalue weighted by molar-refractivity contribution is 5.17. The van der Waals surface area contributed by atoms with E-state index in [0.717, 1.165) is 37.7 Å². The lowest BCUT2D eigenvalue weighted by Crippen LogP contribution is -2.42. The van der Waals surface area contributed by atoms with Crippen molar-refractivity contribution in [2.45, 2.75) is 57.2 Å². The minimum Gasteiger partial charge on any atom is -0.328 e. The Morgan fingerprint density at radius 1 is 1.33 bits per heavy atom. The van der Waals surface area contributed by atoms with Crippen LogP contribution in [0.25, 0.3) is 0 Å². The van der Waals surface area contributed by atoms with E-state index >= 15 is 0 Å². The lowest BCUT2D eigenvalue weighted by molar-refractivity contribution is 0.319. The van der Waals surface area contributed by atoms with Crippen LogP contribution in [0, 0.1) is 5.82 Å². The minimum absolute atomic E-state index is 0.150. The molecule has 1 atom stereocenters. The third kappa shape index (κ3) is 4.07. The third-order valence-electron chi connectivity index (χ3n) is 3.72. The summed E-state index contributed by atoms with van der Waals surface area (Å²) in [4.78, 5) is 0. The number of nitrogens with two attached hydrogens (primary N) is 1. The van der Waals surface area contributed by atoms with Gasteiger partial charge in [0.15, 0.2) is 0 Å². The first-order chi connectivity index (χ1) is 8.63. The van der Waals surface area contributed by atoms with Crippen LogP contribution in [-0.4, -0.2) is 18.1 Å². The van der Waals surface area contributed by atoms with E-state index in [2.05, 4.69) is 12.2 Å². The van der Waals surface area contributed by atoms with Gasteiger partial charge in [-0.2, -0.15) is 0 Å². The summed E-state index contributed by atoms with van der Waals surface area (Å²) in [6.07, 6.45) is 5.43. The zero-order valence-electron chi connectivity index (χ0n) is 11.0. The standard InChI is InChI=1S/C15H23FN2/c1-11(9-12-3-2-4-13(16)10-12)18-15-7-5-14(17)6-8-15/h2-4,10-11,14-15,18H,5-9,17H2,1H3. The van der Waals surface area contributed by atoms with E-state index in [1.54, 1.807) is 12.1 Å². The molecule has 0 aliphatic heterocycles. The molecule has 0 radical (unpaired) electrons. The normalized spacial score (nSPS) is 25.9. The number of benzene rings is 1. The fourth-order valence-electron chi connectivity index (χ4n) is 2.76. The molecule has 0 saturated heterocycles. The van der Waals surface area contributed by atoms with Crippen LogP contribution in [-0.2, 0) is 6.42 Å². The third-order valence-corrected chi connectivity index (χ3v) is 3.72. The fourth-order valence-corrected chi connectivity index (χ4v) is 2.76. The maximum Gasteiger partial charge on any atom is 0.123 e. The average Bonchev–Trinajstić information content (AvgIpc) is 2.32. The Bertz CT molecular complexity index is 373. The highest BCUT2D eigenvalue weighted by Gasteiger charge is 2.19. The molecule has 2 nitrogen and oxygen atoms in total. The maximum absolute atomic E-state index is 13.1. The molecule has 0 spiro atoms. The van der Waals surface area contributed by atoms with Crippen LogP contribution in [0.1, 0.15) is 38.2 Å². The van der Waals surface area contributed by atoms with Crippen LogP contribution >= 0.6 is 0 Å². The minimum atomic E-state index is -0.150. The number of rotatable bonds is 4. The first kappa shape index (κ1) is 13.5. The lowest BCUT2D eigenvalue weighted by Gasteiger charge is -2.29. The van der Waals surface area contributed by atoms with E-state index in [1.165, 1.54) is 6.07 Å². The van der Waals surface area contributed by atoms with Crippen molar-refractivity contribution in [2.24, 2.45) is 5.73 Å². The lowest BCUT2D eigenvalue weighted by atomic mass is 9.91. The first-order valence-electron chi connectivity index (χ1n) is 6.89. The SMILES string of the molecule is CC(Cc1cccc(F)c1)NC1CCC(N)CC1. The van der Waals surface area contributed by atoms with E-state index in [-0.39, 0.29) is 5.82 Å². The molecule has 0 amide bonds. The molecule has 1 aliphatic carbocycles. The molecule has 1 unspecified atom stereocenters. The van der Waals surface area contributed by atoms with Crippen LogP contribution in [0.5, 0.6) is 0 Å². The van der Waals surface area contributed by atoms with Gasteiger partial charge in [-0.15, -0.1) is 0 Å². The Hall–Kier alpha value is -0.930. The molecule has 1 saturated carbocycles. The molecular weight excluding hydrogens is 227 g/mol. The predicted octanol–water partition coefficient (Wildman–Crippen LogP) is 2.62. The fraction of sp³-hybridized carbons (Fsp3) is 0.600. The van der Waals surface area contributed by atoms with Crippen molar-refractivity contribution in [3.05, 3.63) is 35.6 Å². The summed E-state index contributed by atoms with van der Waals surface area (Å²) >= 11 is 0. The van der Waals surface area contributed by atoms with Gasteiger partial charge in [-0.05, 0) is 56.7 Å². The molecule has 0 aromatic heterocycles. The van der Waals surface area contributed by atoms with Crippen molar-refractivity contribution in [1.82, 2.24) is 5.32 Å². The summed E-state index contributed by atoms with van der Waals surface area (Å²) in [6.45, 7) is 2.17. The molecule has 1 aromatic rings. The van der Waals surface area contributed by atoms with Crippen LogP contribution in [0.15, 0.2) is 24.3 Å². The van der Waals surface area contributed by atoms with Gasteiger partial charge in [-0.1, -0.05) is 12.1 Å². The zero-order valence-corrected chi connectivity index (χ0v) is 11.0. The molecule has 0 bridgehead atoms. The quantitative estimate of drug-likeness (QED) is 0.862. The largest absolute Gasteiger partial charge is 0.328 e. The first-order valence-corrected chi connectivity index (χ1v) is 6.89. The average molecular weight is 250 g/mol. The van der Waals surface area contributed by atoms with Gasteiger partial charge in [0.25, 0.3) is 0 Å². The summed E-state index contributed by atoms with van der Waals surface area (Å²) in [5, 5.41) is 3.63. The molecular formula is C15H23FN2. The number of nitrogens with one attached hydrogen (secondary N) is 1. The van der Waals surface area contributed by atoms with Gasteiger partial charge in [0.1, 0.15) is 5.82 Å². The van der Waals surface area contributed by atoms with E-state index in [1.807, 2.05) is 6.07 Å². The second-order valence-electron chi connectivity index (χ2n) is 5.51. The summed E-state index contributed by atoms with van der Waals surface area (Å²) in [5.74, 6) is -0.150. The van der Waals surface area contributed by atoms with Gasteiger partial charge in [-0.3, -0.25) is 0 Å². The predicted molar refractivity (Wildman–Crippen MR) is 72.9 cm³/mol. The van der Waals surface area contributed by atoms with Gasteiger partial charge in [0, 0.05) is 18.1 Å². The second kappa shape index (κ2) is 6.30. The monoisotopic (exact) mass is 250 g/mol. The van der Waals surface area contributed by atoms with Crippen LogP contribution in [0.4, 0.5) is 4.39 Å². The van der Waals surface area contributed by atoms with Gasteiger partial charge >= 0.3 is 0 Å². The van der Waals surface area contributed by atoms with E-state index in [9.17, 15) is 4.39 Å². The zero-order chi connectivity index (χ0) is 13.0. The molecule has 2 rings (SSSR count). The topological polar surface area (TPSA) is 38.0 Å². The smallest absolute Gasteiger partial charge is 0.123 e. The Balaban J connectivity index is 1.80. The molecule has 3 N–H and O–H groups in total. The molecule has 0 heterocycles. The summed E-state index contributed by atoms with van der Waals surface area (Å²) in [7, 11) is 0. The number of hydrogen-bond donors (Lipinski definition) is 2. The molecule has 1 fully saturated rings. The van der Waals surface area contributed by atoms with Crippen LogP contribution in [0.3, 0.4) is 0 Å². The van der Waals surface area contributed by atoms with Gasteiger partial charge in [-0.25, -0.2) is 4.39 Å². The van der Waals surface area contributed by atoms with Crippen LogP contribution < -0.4 is 11.1 Å². The Morgan fingerprint density at radius 3 is 2.72 bits per heavy atom. The molecule has 1 aromatic carbocycles. The summed E-state index contributed by atoms with van der Waals surface area (Å²) < 4.78 is 13.1. The van der Waals surface area contributed by atoms with E-state index in [4.69, 9.17) is 5.73 Å².